The summed E-state index contributed by atoms with van der Waals surface area (Å²) in [5, 5.41) is 11.7. The zero-order chi connectivity index (χ0) is 15.7. The molecule has 3 atom stereocenters. The number of carbonyl (C=O) groups is 1. The van der Waals surface area contributed by atoms with Crippen LogP contribution < -0.4 is 11.1 Å². The van der Waals surface area contributed by atoms with E-state index < -0.39 is 17.9 Å². The molecule has 1 amide bonds. The molecule has 1 aromatic rings. The van der Waals surface area contributed by atoms with Crippen molar-refractivity contribution in [3.05, 3.63) is 24.0 Å². The second-order valence-electron chi connectivity index (χ2n) is 5.99. The number of ether oxygens (including phenoxy) is 2. The van der Waals surface area contributed by atoms with Crippen LogP contribution in [0.2, 0.25) is 0 Å². The van der Waals surface area contributed by atoms with Gasteiger partial charge in [0.15, 0.2) is 5.79 Å². The first kappa shape index (κ1) is 15.1. The molecule has 2 heterocycles. The lowest BCUT2D eigenvalue weighted by Gasteiger charge is -2.46. The number of hydrogen-bond acceptors (Lipinski definition) is 5. The maximum Gasteiger partial charge on any atom is 0.405 e. The Morgan fingerprint density at radius 1 is 1.45 bits per heavy atom. The molecule has 7 nitrogen and oxygen atoms in total. The number of carboxylic acid groups (broad SMARTS) is 1. The Morgan fingerprint density at radius 2 is 2.18 bits per heavy atom. The molecule has 0 unspecified atom stereocenters. The van der Waals surface area contributed by atoms with Gasteiger partial charge in [0.05, 0.1) is 31.1 Å². The molecular weight excluding hydrogens is 286 g/mol. The van der Waals surface area contributed by atoms with E-state index in [0.717, 1.165) is 12.0 Å². The fourth-order valence-corrected chi connectivity index (χ4v) is 3.76. The molecule has 1 saturated heterocycles. The maximum absolute atomic E-state index is 11.2. The average Bonchev–Trinajstić information content (AvgIpc) is 2.95. The van der Waals surface area contributed by atoms with Gasteiger partial charge in [-0.2, -0.15) is 0 Å². The van der Waals surface area contributed by atoms with Crippen LogP contribution in [0.25, 0.3) is 0 Å². The Balaban J connectivity index is 1.89. The van der Waals surface area contributed by atoms with Crippen LogP contribution in [0.4, 0.5) is 10.5 Å². The van der Waals surface area contributed by atoms with Gasteiger partial charge in [-0.1, -0.05) is 6.92 Å². The minimum atomic E-state index is -1.07. The van der Waals surface area contributed by atoms with Crippen molar-refractivity contribution in [1.29, 1.82) is 0 Å². The Morgan fingerprint density at radius 3 is 2.82 bits per heavy atom. The molecule has 2 fully saturated rings. The zero-order valence-electron chi connectivity index (χ0n) is 12.5. The van der Waals surface area contributed by atoms with Crippen LogP contribution in [0, 0.1) is 5.92 Å². The molecule has 1 aliphatic carbocycles. The number of nitrogen functional groups attached to an aromatic ring is 1. The fraction of sp³-hybridized carbons (Fsp3) is 0.600. The minimum absolute atomic E-state index is 0.0539. The van der Waals surface area contributed by atoms with Crippen molar-refractivity contribution < 1.29 is 19.4 Å². The van der Waals surface area contributed by atoms with Crippen molar-refractivity contribution in [3.63, 3.8) is 0 Å². The van der Waals surface area contributed by atoms with Gasteiger partial charge in [0.1, 0.15) is 0 Å². The van der Waals surface area contributed by atoms with Gasteiger partial charge in [0.2, 0.25) is 0 Å². The number of nitrogens with one attached hydrogen (secondary N) is 1. The highest BCUT2D eigenvalue weighted by atomic mass is 16.7. The molecule has 0 bridgehead atoms. The first-order valence-corrected chi connectivity index (χ1v) is 7.49. The van der Waals surface area contributed by atoms with E-state index in [2.05, 4.69) is 10.3 Å². The minimum Gasteiger partial charge on any atom is -0.465 e. The molecule has 3 rings (SSSR count). The van der Waals surface area contributed by atoms with Crippen LogP contribution in [-0.2, 0) is 9.47 Å². The van der Waals surface area contributed by atoms with Gasteiger partial charge < -0.3 is 25.6 Å². The monoisotopic (exact) mass is 307 g/mol. The lowest BCUT2D eigenvalue weighted by molar-refractivity contribution is -0.225. The molecule has 1 aliphatic heterocycles. The number of amides is 1. The van der Waals surface area contributed by atoms with E-state index in [1.807, 2.05) is 13.0 Å². The molecule has 120 valence electrons. The Labute approximate surface area is 128 Å². The van der Waals surface area contributed by atoms with Gasteiger partial charge in [-0.15, -0.1) is 0 Å². The highest BCUT2D eigenvalue weighted by molar-refractivity contribution is 5.65. The molecule has 1 spiro atoms. The van der Waals surface area contributed by atoms with E-state index >= 15 is 0 Å². The number of hydrogen-bond donors (Lipinski definition) is 3. The quantitative estimate of drug-likeness (QED) is 0.765. The van der Waals surface area contributed by atoms with Crippen LogP contribution in [0.15, 0.2) is 18.5 Å². The highest BCUT2D eigenvalue weighted by Gasteiger charge is 2.54. The van der Waals surface area contributed by atoms with Crippen LogP contribution >= 0.6 is 0 Å². The van der Waals surface area contributed by atoms with Crippen molar-refractivity contribution >= 4 is 11.8 Å². The van der Waals surface area contributed by atoms with E-state index in [-0.39, 0.29) is 11.8 Å². The fourth-order valence-electron chi connectivity index (χ4n) is 3.76. The van der Waals surface area contributed by atoms with E-state index in [1.54, 1.807) is 12.4 Å². The topological polar surface area (TPSA) is 107 Å². The van der Waals surface area contributed by atoms with Gasteiger partial charge in [0, 0.05) is 12.1 Å². The molecule has 7 heteroatoms. The Bertz CT molecular complexity index is 559. The first-order chi connectivity index (χ1) is 10.5. The summed E-state index contributed by atoms with van der Waals surface area (Å²) < 4.78 is 11.7. The summed E-state index contributed by atoms with van der Waals surface area (Å²) in [4.78, 5) is 15.2. The summed E-state index contributed by atoms with van der Waals surface area (Å²) in [6.45, 7) is 3.01. The summed E-state index contributed by atoms with van der Waals surface area (Å²) in [5.41, 5.74) is 7.67. The smallest absolute Gasteiger partial charge is 0.405 e. The van der Waals surface area contributed by atoms with Crippen molar-refractivity contribution in [3.8, 4) is 0 Å². The molecule has 4 N–H and O–H groups in total. The summed E-state index contributed by atoms with van der Waals surface area (Å²) in [7, 11) is 0. The number of anilines is 1. The standard InChI is InChI=1S/C15H21N3O4/c1-9-6-10(11-2-3-17-8-12(11)16)7-13(18-14(19)20)15(9)21-4-5-22-15/h2-3,8-10,13,18H,4-7,16H2,1H3,(H,19,20)/t9-,10+,13+/m0/s1. The second-order valence-corrected chi connectivity index (χ2v) is 5.99. The molecule has 22 heavy (non-hydrogen) atoms. The van der Waals surface area contributed by atoms with Gasteiger partial charge in [0.25, 0.3) is 0 Å². The number of rotatable bonds is 2. The zero-order valence-corrected chi connectivity index (χ0v) is 12.5. The first-order valence-electron chi connectivity index (χ1n) is 7.49. The predicted octanol–water partition coefficient (Wildman–Crippen LogP) is 1.56. The van der Waals surface area contributed by atoms with Crippen molar-refractivity contribution in [2.75, 3.05) is 18.9 Å². The van der Waals surface area contributed by atoms with Crippen molar-refractivity contribution in [2.45, 2.75) is 37.5 Å². The van der Waals surface area contributed by atoms with Crippen LogP contribution in [-0.4, -0.2) is 41.2 Å². The van der Waals surface area contributed by atoms with Gasteiger partial charge in [-0.05, 0) is 30.4 Å². The summed E-state index contributed by atoms with van der Waals surface area (Å²) in [5.74, 6) is -0.664. The summed E-state index contributed by atoms with van der Waals surface area (Å²) >= 11 is 0. The molecule has 0 aromatic carbocycles. The third-order valence-corrected chi connectivity index (χ3v) is 4.69. The van der Waals surface area contributed by atoms with Crippen LogP contribution in [0.3, 0.4) is 0 Å². The normalized spacial score (nSPS) is 30.3. The predicted molar refractivity (Wildman–Crippen MR) is 79.4 cm³/mol. The van der Waals surface area contributed by atoms with E-state index in [1.165, 1.54) is 0 Å². The third-order valence-electron chi connectivity index (χ3n) is 4.69. The third kappa shape index (κ3) is 2.50. The Kier molecular flexibility index (Phi) is 3.92. The average molecular weight is 307 g/mol. The lowest BCUT2D eigenvalue weighted by Crippen LogP contribution is -2.60. The number of nitrogens with two attached hydrogens (primary N) is 1. The number of aromatic nitrogens is 1. The molecule has 0 radical (unpaired) electrons. The Hall–Kier alpha value is -1.86. The van der Waals surface area contributed by atoms with Gasteiger partial charge in [-0.3, -0.25) is 4.98 Å². The SMILES string of the molecule is C[C@H]1C[C@@H](c2ccncc2N)C[C@@H](NC(=O)O)C12OCCO2. The van der Waals surface area contributed by atoms with E-state index in [4.69, 9.17) is 20.3 Å². The second kappa shape index (κ2) is 5.73. The van der Waals surface area contributed by atoms with E-state index in [9.17, 15) is 4.79 Å². The summed E-state index contributed by atoms with van der Waals surface area (Å²) in [6.07, 6.45) is 3.69. The van der Waals surface area contributed by atoms with Crippen molar-refractivity contribution in [1.82, 2.24) is 10.3 Å². The molecule has 1 aromatic heterocycles. The van der Waals surface area contributed by atoms with Crippen LogP contribution in [0.5, 0.6) is 0 Å². The van der Waals surface area contributed by atoms with Gasteiger partial charge in [-0.25, -0.2) is 4.79 Å². The van der Waals surface area contributed by atoms with Crippen LogP contribution in [0.1, 0.15) is 31.2 Å². The summed E-state index contributed by atoms with van der Waals surface area (Å²) in [6, 6.07) is 1.48. The molecule has 2 aliphatic rings. The number of nitrogens with zero attached hydrogens (tertiary/aromatic N) is 1. The van der Waals surface area contributed by atoms with Crippen molar-refractivity contribution in [2.24, 2.45) is 5.92 Å². The maximum atomic E-state index is 11.2. The molecule has 1 saturated carbocycles. The number of pyridine rings is 1. The van der Waals surface area contributed by atoms with E-state index in [0.29, 0.717) is 25.3 Å². The lowest BCUT2D eigenvalue weighted by atomic mass is 9.72. The largest absolute Gasteiger partial charge is 0.465 e. The highest BCUT2D eigenvalue weighted by Crippen LogP contribution is 2.47. The van der Waals surface area contributed by atoms with Gasteiger partial charge >= 0.3 is 6.09 Å². The molecular formula is C15H21N3O4.